The third-order valence-corrected chi connectivity index (χ3v) is 2.49. The van der Waals surface area contributed by atoms with Crippen molar-refractivity contribution < 1.29 is 14.4 Å². The number of carbonyl (C=O) groups is 1. The Hall–Kier alpha value is -2.37. The Morgan fingerprint density at radius 2 is 2.28 bits per heavy atom. The number of rotatable bonds is 4. The van der Waals surface area contributed by atoms with E-state index < -0.39 is 5.97 Å². The summed E-state index contributed by atoms with van der Waals surface area (Å²) < 4.78 is 4.94. The van der Waals surface area contributed by atoms with Crippen LogP contribution in [0.15, 0.2) is 22.9 Å². The zero-order valence-corrected chi connectivity index (χ0v) is 10.1. The van der Waals surface area contributed by atoms with E-state index in [0.717, 1.165) is 5.69 Å². The van der Waals surface area contributed by atoms with E-state index in [9.17, 15) is 9.90 Å². The molecule has 0 bridgehead atoms. The second-order valence-corrected chi connectivity index (χ2v) is 3.91. The summed E-state index contributed by atoms with van der Waals surface area (Å²) in [6, 6.07) is 3.42. The van der Waals surface area contributed by atoms with Crippen LogP contribution in [-0.4, -0.2) is 21.2 Å². The number of anilines is 1. The highest BCUT2D eigenvalue weighted by molar-refractivity contribution is 5.95. The van der Waals surface area contributed by atoms with Crippen molar-refractivity contribution in [2.45, 2.75) is 20.4 Å². The highest BCUT2D eigenvalue weighted by Gasteiger charge is 2.15. The predicted octanol–water partition coefficient (Wildman–Crippen LogP) is 2.00. The molecule has 0 aliphatic carbocycles. The largest absolute Gasteiger partial charge is 0.478 e. The number of hydrogen-bond acceptors (Lipinski definition) is 5. The molecule has 0 unspecified atom stereocenters. The summed E-state index contributed by atoms with van der Waals surface area (Å²) in [6.45, 7) is 3.87. The molecule has 94 valence electrons. The first kappa shape index (κ1) is 12.1. The average molecular weight is 247 g/mol. The van der Waals surface area contributed by atoms with Gasteiger partial charge in [0, 0.05) is 11.8 Å². The van der Waals surface area contributed by atoms with Gasteiger partial charge in [0.1, 0.15) is 5.56 Å². The zero-order chi connectivity index (χ0) is 13.1. The van der Waals surface area contributed by atoms with Crippen molar-refractivity contribution >= 4 is 11.7 Å². The molecule has 0 atom stereocenters. The van der Waals surface area contributed by atoms with Crippen molar-refractivity contribution in [3.05, 3.63) is 41.0 Å². The van der Waals surface area contributed by atoms with Crippen molar-refractivity contribution in [2.75, 3.05) is 5.32 Å². The minimum atomic E-state index is -1.000. The lowest BCUT2D eigenvalue weighted by molar-refractivity contribution is 0.0696. The molecule has 0 aliphatic rings. The third kappa shape index (κ3) is 2.48. The van der Waals surface area contributed by atoms with Crippen LogP contribution in [0.4, 0.5) is 5.69 Å². The van der Waals surface area contributed by atoms with Crippen LogP contribution >= 0.6 is 0 Å². The first-order valence-corrected chi connectivity index (χ1v) is 5.43. The Bertz CT molecular complexity index is 564. The van der Waals surface area contributed by atoms with Gasteiger partial charge in [0.05, 0.1) is 24.1 Å². The molecular formula is C12H13N3O3. The standard InChI is InChI=1S/C12H13N3O3/c1-7-5-10(11(12(16)17)8(2)15-7)13-6-9-3-4-14-18-9/h3-5H,6H2,1-2H3,(H,13,15)(H,16,17). The fraction of sp³-hybridized carbons (Fsp3) is 0.250. The Labute approximate surface area is 104 Å². The van der Waals surface area contributed by atoms with E-state index in [0.29, 0.717) is 23.7 Å². The Kier molecular flexibility index (Phi) is 3.27. The van der Waals surface area contributed by atoms with E-state index >= 15 is 0 Å². The van der Waals surface area contributed by atoms with Crippen molar-refractivity contribution in [2.24, 2.45) is 0 Å². The van der Waals surface area contributed by atoms with Crippen LogP contribution in [0.3, 0.4) is 0 Å². The normalized spacial score (nSPS) is 10.3. The van der Waals surface area contributed by atoms with E-state index in [4.69, 9.17) is 4.52 Å². The summed E-state index contributed by atoms with van der Waals surface area (Å²) in [6.07, 6.45) is 1.54. The highest BCUT2D eigenvalue weighted by atomic mass is 16.5. The lowest BCUT2D eigenvalue weighted by Crippen LogP contribution is -2.10. The molecule has 2 N–H and O–H groups in total. The zero-order valence-electron chi connectivity index (χ0n) is 10.1. The molecular weight excluding hydrogens is 234 g/mol. The van der Waals surface area contributed by atoms with Crippen LogP contribution in [0.1, 0.15) is 27.5 Å². The number of aromatic carboxylic acids is 1. The van der Waals surface area contributed by atoms with Gasteiger partial charge in [-0.2, -0.15) is 0 Å². The van der Waals surface area contributed by atoms with Gasteiger partial charge in [0.2, 0.25) is 0 Å². The summed E-state index contributed by atoms with van der Waals surface area (Å²) in [5, 5.41) is 15.8. The van der Waals surface area contributed by atoms with Gasteiger partial charge < -0.3 is 14.9 Å². The number of nitrogens with zero attached hydrogens (tertiary/aromatic N) is 2. The molecule has 18 heavy (non-hydrogen) atoms. The maximum Gasteiger partial charge on any atom is 0.339 e. The average Bonchev–Trinajstić information content (AvgIpc) is 2.77. The number of carboxylic acid groups (broad SMARTS) is 1. The molecule has 0 saturated carbocycles. The molecule has 0 saturated heterocycles. The molecule has 0 amide bonds. The van der Waals surface area contributed by atoms with Crippen LogP contribution in [0.2, 0.25) is 0 Å². The molecule has 0 aliphatic heterocycles. The van der Waals surface area contributed by atoms with E-state index in [1.807, 2.05) is 6.92 Å². The lowest BCUT2D eigenvalue weighted by Gasteiger charge is -2.11. The maximum atomic E-state index is 11.2. The van der Waals surface area contributed by atoms with Crippen molar-refractivity contribution in [3.63, 3.8) is 0 Å². The lowest BCUT2D eigenvalue weighted by atomic mass is 10.1. The quantitative estimate of drug-likeness (QED) is 0.859. The van der Waals surface area contributed by atoms with Crippen LogP contribution in [0.25, 0.3) is 0 Å². The topological polar surface area (TPSA) is 88.2 Å². The first-order chi connectivity index (χ1) is 8.58. The van der Waals surface area contributed by atoms with E-state index in [-0.39, 0.29) is 5.56 Å². The Morgan fingerprint density at radius 3 is 2.89 bits per heavy atom. The maximum absolute atomic E-state index is 11.2. The van der Waals surface area contributed by atoms with Gasteiger partial charge in [0.25, 0.3) is 0 Å². The summed E-state index contributed by atoms with van der Waals surface area (Å²) in [7, 11) is 0. The number of nitrogens with one attached hydrogen (secondary N) is 1. The summed E-state index contributed by atoms with van der Waals surface area (Å²) in [5.41, 5.74) is 1.96. The van der Waals surface area contributed by atoms with Gasteiger partial charge in [-0.25, -0.2) is 4.79 Å². The molecule has 0 aromatic carbocycles. The Balaban J connectivity index is 2.28. The molecule has 0 fully saturated rings. The van der Waals surface area contributed by atoms with Gasteiger partial charge >= 0.3 is 5.97 Å². The van der Waals surface area contributed by atoms with Gasteiger partial charge in [-0.3, -0.25) is 4.98 Å². The van der Waals surface area contributed by atoms with Crippen molar-refractivity contribution in [3.8, 4) is 0 Å². The number of aryl methyl sites for hydroxylation is 2. The van der Waals surface area contributed by atoms with Crippen LogP contribution in [0.5, 0.6) is 0 Å². The van der Waals surface area contributed by atoms with Crippen LogP contribution in [-0.2, 0) is 6.54 Å². The number of hydrogen-bond donors (Lipinski definition) is 2. The predicted molar refractivity (Wildman–Crippen MR) is 64.5 cm³/mol. The smallest absolute Gasteiger partial charge is 0.339 e. The summed E-state index contributed by atoms with van der Waals surface area (Å²) >= 11 is 0. The second-order valence-electron chi connectivity index (χ2n) is 3.91. The molecule has 2 heterocycles. The van der Waals surface area contributed by atoms with E-state index in [1.54, 1.807) is 19.1 Å². The van der Waals surface area contributed by atoms with E-state index in [1.165, 1.54) is 6.20 Å². The minimum absolute atomic E-state index is 0.181. The van der Waals surface area contributed by atoms with Gasteiger partial charge in [-0.1, -0.05) is 5.16 Å². The molecule has 2 rings (SSSR count). The van der Waals surface area contributed by atoms with Gasteiger partial charge in [-0.05, 0) is 19.9 Å². The highest BCUT2D eigenvalue weighted by Crippen LogP contribution is 2.20. The molecule has 2 aromatic heterocycles. The van der Waals surface area contributed by atoms with E-state index in [2.05, 4.69) is 15.5 Å². The first-order valence-electron chi connectivity index (χ1n) is 5.43. The SMILES string of the molecule is Cc1cc(NCc2ccno2)c(C(=O)O)c(C)n1. The number of pyridine rings is 1. The van der Waals surface area contributed by atoms with Crippen LogP contribution < -0.4 is 5.32 Å². The minimum Gasteiger partial charge on any atom is -0.478 e. The number of carboxylic acids is 1. The fourth-order valence-corrected chi connectivity index (χ4v) is 1.75. The molecule has 0 spiro atoms. The van der Waals surface area contributed by atoms with Crippen molar-refractivity contribution in [1.82, 2.24) is 10.1 Å². The molecule has 6 heteroatoms. The molecule has 0 radical (unpaired) electrons. The second kappa shape index (κ2) is 4.87. The van der Waals surface area contributed by atoms with Gasteiger partial charge in [-0.15, -0.1) is 0 Å². The van der Waals surface area contributed by atoms with Crippen molar-refractivity contribution in [1.29, 1.82) is 0 Å². The number of aromatic nitrogens is 2. The van der Waals surface area contributed by atoms with Crippen LogP contribution in [0, 0.1) is 13.8 Å². The summed E-state index contributed by atoms with van der Waals surface area (Å²) in [5.74, 6) is -0.362. The Morgan fingerprint density at radius 1 is 1.50 bits per heavy atom. The summed E-state index contributed by atoms with van der Waals surface area (Å²) in [4.78, 5) is 15.3. The van der Waals surface area contributed by atoms with Gasteiger partial charge in [0.15, 0.2) is 5.76 Å². The molecule has 2 aromatic rings. The molecule has 6 nitrogen and oxygen atoms in total. The fourth-order valence-electron chi connectivity index (χ4n) is 1.75. The third-order valence-electron chi connectivity index (χ3n) is 2.49. The monoisotopic (exact) mass is 247 g/mol.